The summed E-state index contributed by atoms with van der Waals surface area (Å²) in [5, 5.41) is 3.93. The van der Waals surface area contributed by atoms with Crippen LogP contribution in [0.15, 0.2) is 18.2 Å². The van der Waals surface area contributed by atoms with Crippen LogP contribution in [-0.4, -0.2) is 40.1 Å². The summed E-state index contributed by atoms with van der Waals surface area (Å²) in [6.45, 7) is 1.23. The van der Waals surface area contributed by atoms with Crippen molar-refractivity contribution in [2.75, 3.05) is 29.0 Å². The Bertz CT molecular complexity index is 734. The predicted octanol–water partition coefficient (Wildman–Crippen LogP) is 1.79. The van der Waals surface area contributed by atoms with Gasteiger partial charge in [0.25, 0.3) is 0 Å². The van der Waals surface area contributed by atoms with E-state index in [4.69, 9.17) is 40.4 Å². The summed E-state index contributed by atoms with van der Waals surface area (Å²) in [6, 6.07) is 5.06. The minimum atomic E-state index is -0.0294. The number of nitrogens with one attached hydrogen (secondary N) is 1. The van der Waals surface area contributed by atoms with Crippen LogP contribution < -0.4 is 27.4 Å². The smallest absolute Gasteiger partial charge is 0.233 e. The Morgan fingerprint density at radius 2 is 1.72 bits per heavy atom. The van der Waals surface area contributed by atoms with Crippen LogP contribution in [0.3, 0.4) is 0 Å². The predicted molar refractivity (Wildman–Crippen MR) is 104 cm³/mol. The molecule has 1 aromatic carbocycles. The highest BCUT2D eigenvalue weighted by molar-refractivity contribution is 6.42. The summed E-state index contributed by atoms with van der Waals surface area (Å²) in [7, 11) is 0. The Morgan fingerprint density at radius 3 is 2.36 bits per heavy atom. The molecule has 1 aliphatic rings. The van der Waals surface area contributed by atoms with Crippen molar-refractivity contribution in [2.24, 2.45) is 11.5 Å². The lowest BCUT2D eigenvalue weighted by atomic mass is 10.0. The molecule has 25 heavy (non-hydrogen) atoms. The van der Waals surface area contributed by atoms with Crippen molar-refractivity contribution in [1.82, 2.24) is 15.0 Å². The Kier molecular flexibility index (Phi) is 6.47. The molecule has 1 fully saturated rings. The molecule has 0 aliphatic carbocycles. The topological polar surface area (TPSA) is 132 Å². The number of halogens is 3. The van der Waals surface area contributed by atoms with Gasteiger partial charge in [-0.2, -0.15) is 15.0 Å². The number of nitrogens with two attached hydrogens (primary N) is 3. The van der Waals surface area contributed by atoms with Crippen molar-refractivity contribution in [3.8, 4) is 0 Å². The van der Waals surface area contributed by atoms with Crippen LogP contribution in [-0.2, 0) is 0 Å². The number of aromatic nitrogens is 3. The third kappa shape index (κ3) is 4.96. The van der Waals surface area contributed by atoms with Crippen LogP contribution in [0.25, 0.3) is 0 Å². The third-order valence-electron chi connectivity index (χ3n) is 3.61. The molecule has 2 atom stereocenters. The van der Waals surface area contributed by atoms with E-state index in [0.29, 0.717) is 40.7 Å². The van der Waals surface area contributed by atoms with Gasteiger partial charge in [-0.25, -0.2) is 0 Å². The molecule has 1 aliphatic heterocycles. The second kappa shape index (κ2) is 8.20. The number of piperidine rings is 1. The van der Waals surface area contributed by atoms with Crippen LogP contribution in [0, 0.1) is 0 Å². The lowest BCUT2D eigenvalue weighted by molar-refractivity contribution is 0.447. The first-order valence-corrected chi connectivity index (χ1v) is 8.16. The molecule has 11 heteroatoms. The number of rotatable bonds is 3. The van der Waals surface area contributed by atoms with E-state index < -0.39 is 0 Å². The minimum Gasteiger partial charge on any atom is -0.368 e. The van der Waals surface area contributed by atoms with Crippen LogP contribution in [0.1, 0.15) is 6.42 Å². The van der Waals surface area contributed by atoms with Crippen LogP contribution in [0.2, 0.25) is 10.0 Å². The van der Waals surface area contributed by atoms with Crippen LogP contribution >= 0.6 is 35.6 Å². The van der Waals surface area contributed by atoms with Crippen molar-refractivity contribution in [1.29, 1.82) is 0 Å². The van der Waals surface area contributed by atoms with Gasteiger partial charge >= 0.3 is 0 Å². The maximum absolute atomic E-state index is 6.02. The molecule has 136 valence electrons. The van der Waals surface area contributed by atoms with E-state index in [1.165, 1.54) is 0 Å². The van der Waals surface area contributed by atoms with E-state index in [-0.39, 0.29) is 30.4 Å². The maximum atomic E-state index is 6.02. The fraction of sp³-hybridized carbons (Fsp3) is 0.357. The lowest BCUT2D eigenvalue weighted by Gasteiger charge is -2.34. The van der Waals surface area contributed by atoms with Gasteiger partial charge in [0.15, 0.2) is 0 Å². The van der Waals surface area contributed by atoms with Gasteiger partial charge in [-0.05, 0) is 24.6 Å². The van der Waals surface area contributed by atoms with E-state index >= 15 is 0 Å². The van der Waals surface area contributed by atoms with Gasteiger partial charge in [0.2, 0.25) is 17.8 Å². The molecule has 0 amide bonds. The summed E-state index contributed by atoms with van der Waals surface area (Å²) < 4.78 is 0. The fourth-order valence-electron chi connectivity index (χ4n) is 2.62. The summed E-state index contributed by atoms with van der Waals surface area (Å²) in [5.41, 5.74) is 18.5. The number of nitrogens with zero attached hydrogens (tertiary/aromatic N) is 4. The van der Waals surface area contributed by atoms with Gasteiger partial charge in [-0.1, -0.05) is 23.2 Å². The van der Waals surface area contributed by atoms with Gasteiger partial charge in [-0.15, -0.1) is 12.4 Å². The quantitative estimate of drug-likeness (QED) is 0.607. The third-order valence-corrected chi connectivity index (χ3v) is 4.35. The highest BCUT2D eigenvalue weighted by atomic mass is 35.5. The van der Waals surface area contributed by atoms with Crippen molar-refractivity contribution >= 4 is 59.1 Å². The standard InChI is InChI=1S/C14H18Cl2N8.ClH/c15-10-2-1-9(4-11(10)16)20-13-21-12(19)22-14(23-13)24-5-7(17)3-8(18)6-24;/h1-2,4,7-8H,3,5-6,17-18H2,(H3,19,20,21,22,23);1H/t7-,8+;. The second-order valence-corrected chi connectivity index (χ2v) is 6.55. The Labute approximate surface area is 161 Å². The first-order valence-electron chi connectivity index (χ1n) is 7.40. The van der Waals surface area contributed by atoms with Gasteiger partial charge < -0.3 is 27.4 Å². The minimum absolute atomic E-state index is 0. The van der Waals surface area contributed by atoms with Crippen molar-refractivity contribution < 1.29 is 0 Å². The van der Waals surface area contributed by atoms with E-state index in [2.05, 4.69) is 20.3 Å². The van der Waals surface area contributed by atoms with Crippen LogP contribution in [0.4, 0.5) is 23.5 Å². The zero-order valence-electron chi connectivity index (χ0n) is 13.2. The zero-order chi connectivity index (χ0) is 17.3. The van der Waals surface area contributed by atoms with Gasteiger partial charge in [0, 0.05) is 30.9 Å². The van der Waals surface area contributed by atoms with Crippen LogP contribution in [0.5, 0.6) is 0 Å². The molecule has 0 saturated carbocycles. The Hall–Kier alpha value is -1.58. The number of benzene rings is 1. The fourth-order valence-corrected chi connectivity index (χ4v) is 2.92. The highest BCUT2D eigenvalue weighted by Gasteiger charge is 2.25. The molecule has 2 heterocycles. The molecule has 2 aromatic rings. The Morgan fingerprint density at radius 1 is 1.04 bits per heavy atom. The number of nitrogen functional groups attached to an aromatic ring is 1. The highest BCUT2D eigenvalue weighted by Crippen LogP contribution is 2.26. The van der Waals surface area contributed by atoms with Crippen molar-refractivity contribution in [3.05, 3.63) is 28.2 Å². The van der Waals surface area contributed by atoms with E-state index in [1.54, 1.807) is 18.2 Å². The van der Waals surface area contributed by atoms with Crippen molar-refractivity contribution in [3.63, 3.8) is 0 Å². The number of hydrogen-bond acceptors (Lipinski definition) is 8. The molecule has 1 aromatic heterocycles. The van der Waals surface area contributed by atoms with Gasteiger partial charge in [-0.3, -0.25) is 0 Å². The maximum Gasteiger partial charge on any atom is 0.233 e. The molecule has 1 saturated heterocycles. The SMILES string of the molecule is Cl.Nc1nc(Nc2ccc(Cl)c(Cl)c2)nc(N2C[C@H](N)C[C@H](N)C2)n1. The monoisotopic (exact) mass is 404 g/mol. The first-order chi connectivity index (χ1) is 11.4. The molecule has 0 unspecified atom stereocenters. The molecule has 0 spiro atoms. The summed E-state index contributed by atoms with van der Waals surface area (Å²) in [5.74, 6) is 0.856. The molecular weight excluding hydrogens is 387 g/mol. The molecular formula is C14H19Cl3N8. The summed E-state index contributed by atoms with van der Waals surface area (Å²) in [4.78, 5) is 14.6. The average molecular weight is 406 g/mol. The first kappa shape index (κ1) is 19.7. The average Bonchev–Trinajstić information content (AvgIpc) is 2.49. The van der Waals surface area contributed by atoms with E-state index in [0.717, 1.165) is 6.42 Å². The zero-order valence-corrected chi connectivity index (χ0v) is 15.5. The molecule has 0 radical (unpaired) electrons. The lowest BCUT2D eigenvalue weighted by Crippen LogP contribution is -2.52. The summed E-state index contributed by atoms with van der Waals surface area (Å²) in [6.07, 6.45) is 0.769. The Balaban J connectivity index is 0.00000225. The largest absolute Gasteiger partial charge is 0.368 e. The molecule has 0 bridgehead atoms. The normalized spacial score (nSPS) is 20.1. The van der Waals surface area contributed by atoms with E-state index in [9.17, 15) is 0 Å². The molecule has 3 rings (SSSR count). The summed E-state index contributed by atoms with van der Waals surface area (Å²) >= 11 is 11.9. The number of anilines is 4. The van der Waals surface area contributed by atoms with E-state index in [1.807, 2.05) is 4.90 Å². The van der Waals surface area contributed by atoms with Gasteiger partial charge in [0.1, 0.15) is 0 Å². The molecule has 8 nitrogen and oxygen atoms in total. The number of hydrogen-bond donors (Lipinski definition) is 4. The molecule has 7 N–H and O–H groups in total. The van der Waals surface area contributed by atoms with Gasteiger partial charge in [0.05, 0.1) is 10.0 Å². The second-order valence-electron chi connectivity index (χ2n) is 5.73. The van der Waals surface area contributed by atoms with Crippen molar-refractivity contribution in [2.45, 2.75) is 18.5 Å².